The van der Waals surface area contributed by atoms with Crippen molar-refractivity contribution in [1.29, 1.82) is 0 Å². The number of aliphatic hydroxyl groups is 1. The molecule has 1 aromatic carbocycles. The van der Waals surface area contributed by atoms with Crippen LogP contribution in [0.15, 0.2) is 17.0 Å². The van der Waals surface area contributed by atoms with Crippen LogP contribution in [0.4, 0.5) is 0 Å². The second-order valence-electron chi connectivity index (χ2n) is 4.73. The minimum absolute atomic E-state index is 0.00525. The van der Waals surface area contributed by atoms with Crippen LogP contribution < -0.4 is 14.2 Å². The van der Waals surface area contributed by atoms with Gasteiger partial charge in [-0.15, -0.1) is 0 Å². The van der Waals surface area contributed by atoms with Crippen molar-refractivity contribution in [2.24, 2.45) is 0 Å². The predicted octanol–water partition coefficient (Wildman–Crippen LogP) is 1.03. The van der Waals surface area contributed by atoms with Crippen molar-refractivity contribution in [3.05, 3.63) is 17.7 Å². The van der Waals surface area contributed by atoms with E-state index in [0.29, 0.717) is 11.3 Å². The van der Waals surface area contributed by atoms with E-state index in [9.17, 15) is 13.5 Å². The zero-order chi connectivity index (χ0) is 14.8. The van der Waals surface area contributed by atoms with Gasteiger partial charge in [0.2, 0.25) is 10.0 Å². The van der Waals surface area contributed by atoms with Gasteiger partial charge in [0.15, 0.2) is 11.5 Å². The number of hydrogen-bond acceptors (Lipinski definition) is 5. The summed E-state index contributed by atoms with van der Waals surface area (Å²) < 4.78 is 37.5. The van der Waals surface area contributed by atoms with Crippen LogP contribution in [-0.2, 0) is 16.6 Å². The van der Waals surface area contributed by atoms with Gasteiger partial charge in [-0.3, -0.25) is 0 Å². The van der Waals surface area contributed by atoms with Crippen LogP contribution in [0.2, 0.25) is 0 Å². The van der Waals surface area contributed by atoms with Crippen molar-refractivity contribution in [1.82, 2.24) is 4.72 Å². The van der Waals surface area contributed by atoms with Crippen LogP contribution in [0.1, 0.15) is 24.8 Å². The molecule has 1 fully saturated rings. The zero-order valence-corrected chi connectivity index (χ0v) is 12.4. The zero-order valence-electron chi connectivity index (χ0n) is 11.5. The lowest BCUT2D eigenvalue weighted by Gasteiger charge is -2.26. The van der Waals surface area contributed by atoms with Crippen LogP contribution in [0, 0.1) is 0 Å². The number of methoxy groups -OCH3 is 2. The number of aliphatic hydroxyl groups excluding tert-OH is 1. The van der Waals surface area contributed by atoms with Crippen LogP contribution in [0.3, 0.4) is 0 Å². The maximum Gasteiger partial charge on any atom is 0.240 e. The Morgan fingerprint density at radius 1 is 1.30 bits per heavy atom. The number of rotatable bonds is 6. The summed E-state index contributed by atoms with van der Waals surface area (Å²) in [6.07, 6.45) is 2.76. The van der Waals surface area contributed by atoms with Crippen molar-refractivity contribution in [3.8, 4) is 11.5 Å². The molecular weight excluding hydrogens is 282 g/mol. The van der Waals surface area contributed by atoms with Gasteiger partial charge in [0, 0.05) is 17.7 Å². The van der Waals surface area contributed by atoms with Gasteiger partial charge in [0.1, 0.15) is 0 Å². The molecule has 0 bridgehead atoms. The highest BCUT2D eigenvalue weighted by molar-refractivity contribution is 7.89. The molecule has 1 aromatic rings. The van der Waals surface area contributed by atoms with Crippen molar-refractivity contribution in [2.45, 2.75) is 36.8 Å². The van der Waals surface area contributed by atoms with Crippen LogP contribution in [0.5, 0.6) is 11.5 Å². The second kappa shape index (κ2) is 5.99. The highest BCUT2D eigenvalue weighted by Crippen LogP contribution is 2.34. The van der Waals surface area contributed by atoms with Crippen molar-refractivity contribution in [2.75, 3.05) is 14.2 Å². The summed E-state index contributed by atoms with van der Waals surface area (Å²) in [5.41, 5.74) is 0.376. The molecule has 1 saturated carbocycles. The van der Waals surface area contributed by atoms with E-state index in [0.717, 1.165) is 19.3 Å². The Balaban J connectivity index is 2.40. The lowest BCUT2D eigenvalue weighted by molar-refractivity contribution is 0.269. The van der Waals surface area contributed by atoms with Gasteiger partial charge >= 0.3 is 0 Å². The normalized spacial score (nSPS) is 15.8. The number of sulfonamides is 1. The van der Waals surface area contributed by atoms with E-state index >= 15 is 0 Å². The molecule has 0 amide bonds. The topological polar surface area (TPSA) is 84.9 Å². The fourth-order valence-corrected chi connectivity index (χ4v) is 3.47. The van der Waals surface area contributed by atoms with Gasteiger partial charge in [-0.1, -0.05) is 6.42 Å². The average molecular weight is 301 g/mol. The molecule has 6 nitrogen and oxygen atoms in total. The van der Waals surface area contributed by atoms with E-state index in [2.05, 4.69) is 4.72 Å². The van der Waals surface area contributed by atoms with Crippen molar-refractivity contribution >= 4 is 10.0 Å². The standard InChI is InChI=1S/C13H19NO5S/c1-18-12-7-11(6-9(8-15)13(12)19-2)20(16,17)14-10-4-3-5-10/h6-7,10,14-15H,3-5,8H2,1-2H3. The van der Waals surface area contributed by atoms with Crippen LogP contribution in [-0.4, -0.2) is 33.8 Å². The molecular formula is C13H19NO5S. The number of ether oxygens (including phenoxy) is 2. The van der Waals surface area contributed by atoms with Gasteiger partial charge in [0.05, 0.1) is 25.7 Å². The molecule has 0 unspecified atom stereocenters. The summed E-state index contributed by atoms with van der Waals surface area (Å²) >= 11 is 0. The lowest BCUT2D eigenvalue weighted by Crippen LogP contribution is -2.39. The Kier molecular flexibility index (Phi) is 4.52. The molecule has 7 heteroatoms. The van der Waals surface area contributed by atoms with Crippen LogP contribution in [0.25, 0.3) is 0 Å². The Hall–Kier alpha value is -1.31. The third-order valence-electron chi connectivity index (χ3n) is 3.44. The minimum Gasteiger partial charge on any atom is -0.493 e. The molecule has 112 valence electrons. The summed E-state index contributed by atoms with van der Waals surface area (Å²) in [5, 5.41) is 9.35. The van der Waals surface area contributed by atoms with Gasteiger partial charge < -0.3 is 14.6 Å². The predicted molar refractivity (Wildman–Crippen MR) is 73.4 cm³/mol. The summed E-state index contributed by atoms with van der Waals surface area (Å²) in [7, 11) is -0.740. The van der Waals surface area contributed by atoms with Crippen LogP contribution >= 0.6 is 0 Å². The maximum atomic E-state index is 12.3. The smallest absolute Gasteiger partial charge is 0.240 e. The first-order chi connectivity index (χ1) is 9.51. The highest BCUT2D eigenvalue weighted by atomic mass is 32.2. The van der Waals surface area contributed by atoms with Gasteiger partial charge in [0.25, 0.3) is 0 Å². The van der Waals surface area contributed by atoms with E-state index < -0.39 is 10.0 Å². The average Bonchev–Trinajstić information content (AvgIpc) is 2.41. The van der Waals surface area contributed by atoms with Gasteiger partial charge in [-0.05, 0) is 18.9 Å². The summed E-state index contributed by atoms with van der Waals surface area (Å²) in [6.45, 7) is -0.327. The Labute approximate surface area is 118 Å². The fourth-order valence-electron chi connectivity index (χ4n) is 2.10. The molecule has 0 saturated heterocycles. The molecule has 1 aliphatic carbocycles. The fraction of sp³-hybridized carbons (Fsp3) is 0.538. The molecule has 0 aromatic heterocycles. The first-order valence-corrected chi connectivity index (χ1v) is 7.88. The number of benzene rings is 1. The van der Waals surface area contributed by atoms with E-state index in [4.69, 9.17) is 9.47 Å². The van der Waals surface area contributed by atoms with Gasteiger partial charge in [-0.2, -0.15) is 0 Å². The highest BCUT2D eigenvalue weighted by Gasteiger charge is 2.26. The van der Waals surface area contributed by atoms with Crippen molar-refractivity contribution in [3.63, 3.8) is 0 Å². The molecule has 2 N–H and O–H groups in total. The van der Waals surface area contributed by atoms with Crippen molar-refractivity contribution < 1.29 is 23.0 Å². The monoisotopic (exact) mass is 301 g/mol. The third-order valence-corrected chi connectivity index (χ3v) is 4.94. The molecule has 1 aliphatic rings. The number of nitrogens with one attached hydrogen (secondary N) is 1. The van der Waals surface area contributed by atoms with E-state index in [1.54, 1.807) is 0 Å². The summed E-state index contributed by atoms with van der Waals surface area (Å²) in [6, 6.07) is 2.81. The van der Waals surface area contributed by atoms with E-state index in [1.807, 2.05) is 0 Å². The first kappa shape index (κ1) is 15.1. The molecule has 0 aliphatic heterocycles. The summed E-state index contributed by atoms with van der Waals surface area (Å²) in [4.78, 5) is 0.0751. The number of hydrogen-bond donors (Lipinski definition) is 2. The SMILES string of the molecule is COc1cc(S(=O)(=O)NC2CCC2)cc(CO)c1OC. The first-order valence-electron chi connectivity index (χ1n) is 6.40. The Bertz CT molecular complexity index is 555. The molecule has 20 heavy (non-hydrogen) atoms. The second-order valence-corrected chi connectivity index (χ2v) is 6.44. The van der Waals surface area contributed by atoms with E-state index in [-0.39, 0.29) is 23.3 Å². The van der Waals surface area contributed by atoms with E-state index in [1.165, 1.54) is 26.4 Å². The summed E-state index contributed by atoms with van der Waals surface area (Å²) in [5.74, 6) is 0.630. The molecule has 0 radical (unpaired) electrons. The molecule has 2 rings (SSSR count). The molecule has 0 atom stereocenters. The molecule has 0 heterocycles. The lowest BCUT2D eigenvalue weighted by atomic mass is 9.94. The molecule has 0 spiro atoms. The minimum atomic E-state index is -3.61. The third kappa shape index (κ3) is 2.89. The Morgan fingerprint density at radius 2 is 2.00 bits per heavy atom. The largest absolute Gasteiger partial charge is 0.493 e. The quantitative estimate of drug-likeness (QED) is 0.819. The Morgan fingerprint density at radius 3 is 2.45 bits per heavy atom. The maximum absolute atomic E-state index is 12.3. The van der Waals surface area contributed by atoms with Gasteiger partial charge in [-0.25, -0.2) is 13.1 Å².